The van der Waals surface area contributed by atoms with Crippen LogP contribution in [0.5, 0.6) is 0 Å². The van der Waals surface area contributed by atoms with E-state index in [0.29, 0.717) is 28.2 Å². The zero-order valence-electron chi connectivity index (χ0n) is 21.2. The summed E-state index contributed by atoms with van der Waals surface area (Å²) in [5.41, 5.74) is 2.42. The minimum atomic E-state index is -4.64. The zero-order chi connectivity index (χ0) is 28.1. The van der Waals surface area contributed by atoms with Gasteiger partial charge in [-0.1, -0.05) is 12.1 Å². The molecule has 2 heterocycles. The number of alkyl halides is 3. The summed E-state index contributed by atoms with van der Waals surface area (Å²) in [5.74, 6) is -0.522. The highest BCUT2D eigenvalue weighted by atomic mass is 32.2. The Morgan fingerprint density at radius 2 is 1.56 bits per heavy atom. The first kappa shape index (κ1) is 26.3. The summed E-state index contributed by atoms with van der Waals surface area (Å²) in [7, 11) is -3.39. The Morgan fingerprint density at radius 3 is 2.23 bits per heavy atom. The Balaban J connectivity index is 1.52. The number of fused-ring (bicyclic) bond motifs is 1. The number of H-pyrrole nitrogens is 1. The van der Waals surface area contributed by atoms with E-state index in [4.69, 9.17) is 0 Å². The standard InChI is InChI=1S/C29H24F3N3O3S/c1-17-14-24(28(36)34-22-6-8-23(9-7-22)39(3,37)38)18(2)35(17)27-11-5-20(16-25(27)29(30,31)32)19-4-10-26-21(15-19)12-13-33-26/h4-16,33H,1-3H3,(H,34,36). The molecule has 0 aliphatic rings. The van der Waals surface area contributed by atoms with Gasteiger partial charge >= 0.3 is 6.18 Å². The molecule has 0 atom stereocenters. The summed E-state index contributed by atoms with van der Waals surface area (Å²) in [6, 6.07) is 18.7. The zero-order valence-corrected chi connectivity index (χ0v) is 22.0. The molecule has 1 amide bonds. The maximum absolute atomic E-state index is 14.3. The summed E-state index contributed by atoms with van der Waals surface area (Å²) in [6.45, 7) is 3.22. The van der Waals surface area contributed by atoms with Gasteiger partial charge < -0.3 is 14.9 Å². The van der Waals surface area contributed by atoms with Crippen LogP contribution in [-0.2, 0) is 16.0 Å². The van der Waals surface area contributed by atoms with E-state index >= 15 is 0 Å². The van der Waals surface area contributed by atoms with Crippen LogP contribution >= 0.6 is 0 Å². The number of aromatic amines is 1. The molecule has 2 aromatic heterocycles. The van der Waals surface area contributed by atoms with Gasteiger partial charge in [-0.2, -0.15) is 13.2 Å². The van der Waals surface area contributed by atoms with Crippen LogP contribution < -0.4 is 5.32 Å². The van der Waals surface area contributed by atoms with Crippen molar-refractivity contribution in [1.29, 1.82) is 0 Å². The lowest BCUT2D eigenvalue weighted by atomic mass is 10.00. The number of aryl methyl sites for hydroxylation is 1. The topological polar surface area (TPSA) is 84.0 Å². The largest absolute Gasteiger partial charge is 0.418 e. The van der Waals surface area contributed by atoms with Gasteiger partial charge in [-0.05, 0) is 91.0 Å². The number of amides is 1. The van der Waals surface area contributed by atoms with E-state index in [0.717, 1.165) is 23.2 Å². The van der Waals surface area contributed by atoms with Crippen LogP contribution in [0.15, 0.2) is 83.9 Å². The van der Waals surface area contributed by atoms with Crippen molar-refractivity contribution in [2.75, 3.05) is 11.6 Å². The van der Waals surface area contributed by atoms with Crippen LogP contribution in [0.1, 0.15) is 27.3 Å². The molecule has 0 saturated heterocycles. The van der Waals surface area contributed by atoms with E-state index in [1.165, 1.54) is 41.0 Å². The third-order valence-corrected chi connectivity index (χ3v) is 7.77. The van der Waals surface area contributed by atoms with Crippen molar-refractivity contribution in [3.05, 3.63) is 102 Å². The second-order valence-electron chi connectivity index (χ2n) is 9.38. The minimum Gasteiger partial charge on any atom is -0.361 e. The summed E-state index contributed by atoms with van der Waals surface area (Å²) in [4.78, 5) is 16.2. The van der Waals surface area contributed by atoms with Crippen LogP contribution in [0.2, 0.25) is 0 Å². The number of halogens is 3. The molecule has 5 aromatic rings. The number of hydrogen-bond acceptors (Lipinski definition) is 3. The van der Waals surface area contributed by atoms with Crippen LogP contribution in [0.25, 0.3) is 27.7 Å². The van der Waals surface area contributed by atoms with E-state index in [-0.39, 0.29) is 16.1 Å². The number of nitrogens with one attached hydrogen (secondary N) is 2. The second-order valence-corrected chi connectivity index (χ2v) is 11.4. The summed E-state index contributed by atoms with van der Waals surface area (Å²) in [6.07, 6.45) is -1.79. The Labute approximate surface area is 223 Å². The Hall–Kier alpha value is -4.31. The first-order valence-electron chi connectivity index (χ1n) is 11.9. The van der Waals surface area contributed by atoms with Crippen molar-refractivity contribution < 1.29 is 26.4 Å². The molecule has 39 heavy (non-hydrogen) atoms. The Bertz CT molecular complexity index is 1830. The average Bonchev–Trinajstić information content (AvgIpc) is 3.46. The van der Waals surface area contributed by atoms with Gasteiger partial charge in [-0.25, -0.2) is 8.42 Å². The molecule has 0 aliphatic heterocycles. The minimum absolute atomic E-state index is 0.0828. The van der Waals surface area contributed by atoms with Crippen molar-refractivity contribution >= 4 is 32.3 Å². The first-order chi connectivity index (χ1) is 18.3. The molecule has 0 radical (unpaired) electrons. The lowest BCUT2D eigenvalue weighted by Gasteiger charge is -2.18. The van der Waals surface area contributed by atoms with Gasteiger partial charge in [0.15, 0.2) is 9.84 Å². The van der Waals surface area contributed by atoms with Crippen molar-refractivity contribution in [2.45, 2.75) is 24.9 Å². The summed E-state index contributed by atoms with van der Waals surface area (Å²) in [5, 5.41) is 3.58. The number of rotatable bonds is 5. The monoisotopic (exact) mass is 551 g/mol. The fourth-order valence-corrected chi connectivity index (χ4v) is 5.35. The number of sulfone groups is 1. The van der Waals surface area contributed by atoms with Gasteiger partial charge in [-0.15, -0.1) is 0 Å². The molecule has 2 N–H and O–H groups in total. The first-order valence-corrected chi connectivity index (χ1v) is 13.8. The molecule has 0 unspecified atom stereocenters. The lowest BCUT2D eigenvalue weighted by molar-refractivity contribution is -0.137. The SMILES string of the molecule is Cc1cc(C(=O)Nc2ccc(S(C)(=O)=O)cc2)c(C)n1-c1ccc(-c2ccc3[nH]ccc3c2)cc1C(F)(F)F. The van der Waals surface area contributed by atoms with Crippen molar-refractivity contribution in [3.63, 3.8) is 0 Å². The van der Waals surface area contributed by atoms with Crippen LogP contribution in [0.4, 0.5) is 18.9 Å². The fourth-order valence-electron chi connectivity index (χ4n) is 4.72. The van der Waals surface area contributed by atoms with Gasteiger partial charge in [-0.3, -0.25) is 4.79 Å². The number of hydrogen-bond donors (Lipinski definition) is 2. The quantitative estimate of drug-likeness (QED) is 0.249. The van der Waals surface area contributed by atoms with E-state index in [1.807, 2.05) is 18.2 Å². The van der Waals surface area contributed by atoms with Crippen molar-refractivity contribution in [3.8, 4) is 16.8 Å². The Morgan fingerprint density at radius 1 is 0.897 bits per heavy atom. The van der Waals surface area contributed by atoms with Gasteiger partial charge in [0.25, 0.3) is 5.91 Å². The molecule has 6 nitrogen and oxygen atoms in total. The molecule has 10 heteroatoms. The lowest BCUT2D eigenvalue weighted by Crippen LogP contribution is -2.15. The van der Waals surface area contributed by atoms with E-state index in [9.17, 15) is 26.4 Å². The molecule has 0 fully saturated rings. The van der Waals surface area contributed by atoms with Gasteiger partial charge in [0.2, 0.25) is 0 Å². The number of carbonyl (C=O) groups is 1. The maximum Gasteiger partial charge on any atom is 0.418 e. The van der Waals surface area contributed by atoms with E-state index in [1.54, 1.807) is 32.2 Å². The number of anilines is 1. The molecule has 0 aliphatic carbocycles. The molecular formula is C29H24F3N3O3S. The Kier molecular flexibility index (Phi) is 6.38. The van der Waals surface area contributed by atoms with Crippen LogP contribution in [0.3, 0.4) is 0 Å². The van der Waals surface area contributed by atoms with Crippen molar-refractivity contribution in [2.24, 2.45) is 0 Å². The van der Waals surface area contributed by atoms with Crippen molar-refractivity contribution in [1.82, 2.24) is 9.55 Å². The number of nitrogens with zero attached hydrogens (tertiary/aromatic N) is 1. The predicted octanol–water partition coefficient (Wildman–Crippen LogP) is 6.92. The maximum atomic E-state index is 14.3. The molecule has 0 spiro atoms. The van der Waals surface area contributed by atoms with Gasteiger partial charge in [0.1, 0.15) is 0 Å². The highest BCUT2D eigenvalue weighted by Gasteiger charge is 2.35. The number of aromatic nitrogens is 2. The van der Waals surface area contributed by atoms with Crippen LogP contribution in [-0.4, -0.2) is 30.1 Å². The molecule has 0 bridgehead atoms. The average molecular weight is 552 g/mol. The summed E-state index contributed by atoms with van der Waals surface area (Å²) >= 11 is 0. The van der Waals surface area contributed by atoms with E-state index in [2.05, 4.69) is 10.3 Å². The van der Waals surface area contributed by atoms with Gasteiger partial charge in [0.05, 0.1) is 21.7 Å². The molecule has 5 rings (SSSR count). The second kappa shape index (κ2) is 9.46. The summed E-state index contributed by atoms with van der Waals surface area (Å²) < 4.78 is 67.7. The smallest absolute Gasteiger partial charge is 0.361 e. The fraction of sp³-hybridized carbons (Fsp3) is 0.138. The highest BCUT2D eigenvalue weighted by Crippen LogP contribution is 2.38. The molecular weight excluding hydrogens is 527 g/mol. The molecule has 0 saturated carbocycles. The van der Waals surface area contributed by atoms with Gasteiger partial charge in [0, 0.05) is 35.0 Å². The van der Waals surface area contributed by atoms with Crippen LogP contribution in [0, 0.1) is 13.8 Å². The molecule has 3 aromatic carbocycles. The third-order valence-electron chi connectivity index (χ3n) is 6.65. The predicted molar refractivity (Wildman–Crippen MR) is 145 cm³/mol. The number of benzene rings is 3. The molecule has 200 valence electrons. The third kappa shape index (κ3) is 5.07. The normalized spacial score (nSPS) is 12.2. The number of carbonyl (C=O) groups excluding carboxylic acids is 1. The van der Waals surface area contributed by atoms with E-state index < -0.39 is 27.5 Å². The highest BCUT2D eigenvalue weighted by molar-refractivity contribution is 7.90.